The van der Waals surface area contributed by atoms with Crippen LogP contribution in [0.2, 0.25) is 0 Å². The summed E-state index contributed by atoms with van der Waals surface area (Å²) in [5.41, 5.74) is 3.71. The lowest BCUT2D eigenvalue weighted by Crippen LogP contribution is -2.41. The molecule has 0 heterocycles. The molecule has 0 saturated carbocycles. The molecule has 0 spiro atoms. The van der Waals surface area contributed by atoms with Crippen molar-refractivity contribution in [2.45, 2.75) is 0 Å². The highest BCUT2D eigenvalue weighted by Crippen LogP contribution is 2.34. The van der Waals surface area contributed by atoms with Crippen LogP contribution in [0.25, 0.3) is 0 Å². The molecule has 1 aromatic rings. The summed E-state index contributed by atoms with van der Waals surface area (Å²) < 4.78 is 10.6. The smallest absolute Gasteiger partial charge is 0.327 e. The number of nitrogens with two attached hydrogens (primary N) is 1. The van der Waals surface area contributed by atoms with Gasteiger partial charge in [-0.3, -0.25) is 14.2 Å². The lowest BCUT2D eigenvalue weighted by Gasteiger charge is -2.21. The maximum atomic E-state index is 11.0. The predicted octanol–water partition coefficient (Wildman–Crippen LogP) is -1.52. The molecule has 4 N–H and O–H groups in total. The first-order valence-corrected chi connectivity index (χ1v) is 5.88. The highest BCUT2D eigenvalue weighted by molar-refractivity contribution is 7.51. The monoisotopic (exact) mass is 234 g/mol. The van der Waals surface area contributed by atoms with Gasteiger partial charge in [0.2, 0.25) is 0 Å². The summed E-state index contributed by atoms with van der Waals surface area (Å²) in [6, 6.07) is 0. The SMILES string of the molecule is CN(CCP(=O)(O)O)c1c(N)c(=O)c1=O. The van der Waals surface area contributed by atoms with Gasteiger partial charge in [-0.1, -0.05) is 0 Å². The van der Waals surface area contributed by atoms with Crippen LogP contribution in [0.15, 0.2) is 9.59 Å². The molecular formula is C7H11N2O5P. The minimum atomic E-state index is -4.10. The van der Waals surface area contributed by atoms with Crippen molar-refractivity contribution in [3.05, 3.63) is 20.4 Å². The maximum Gasteiger partial charge on any atom is 0.327 e. The van der Waals surface area contributed by atoms with Crippen molar-refractivity contribution in [2.75, 3.05) is 30.4 Å². The Bertz CT molecular complexity index is 484. The van der Waals surface area contributed by atoms with Gasteiger partial charge in [-0.15, -0.1) is 0 Å². The third-order valence-corrected chi connectivity index (χ3v) is 2.81. The second-order valence-corrected chi connectivity index (χ2v) is 5.01. The molecule has 84 valence electrons. The second kappa shape index (κ2) is 3.77. The van der Waals surface area contributed by atoms with Crippen LogP contribution in [0.3, 0.4) is 0 Å². The topological polar surface area (TPSA) is 121 Å². The highest BCUT2D eigenvalue weighted by Gasteiger charge is 2.23. The maximum absolute atomic E-state index is 11.0. The molecule has 0 radical (unpaired) electrons. The average molecular weight is 234 g/mol. The fourth-order valence-electron chi connectivity index (χ4n) is 1.17. The summed E-state index contributed by atoms with van der Waals surface area (Å²) in [6.07, 6.45) is -0.387. The minimum absolute atomic E-state index is 0.0284. The predicted molar refractivity (Wildman–Crippen MR) is 55.9 cm³/mol. The molecule has 0 amide bonds. The highest BCUT2D eigenvalue weighted by atomic mass is 31.2. The fraction of sp³-hybridized carbons (Fsp3) is 0.429. The zero-order chi connectivity index (χ0) is 11.8. The Morgan fingerprint density at radius 2 is 1.87 bits per heavy atom. The molecule has 8 heteroatoms. The molecule has 1 aromatic carbocycles. The minimum Gasteiger partial charge on any atom is -0.394 e. The number of anilines is 2. The molecule has 0 aliphatic heterocycles. The van der Waals surface area contributed by atoms with Crippen LogP contribution in [0, 0.1) is 0 Å². The first kappa shape index (κ1) is 11.9. The van der Waals surface area contributed by atoms with Gasteiger partial charge in [-0.25, -0.2) is 0 Å². The molecule has 7 nitrogen and oxygen atoms in total. The molecule has 0 aromatic heterocycles. The van der Waals surface area contributed by atoms with Gasteiger partial charge in [-0.2, -0.15) is 0 Å². The summed E-state index contributed by atoms with van der Waals surface area (Å²) in [5.74, 6) is 0. The molecule has 0 aliphatic carbocycles. The van der Waals surface area contributed by atoms with E-state index in [1.165, 1.54) is 11.9 Å². The summed E-state index contributed by atoms with van der Waals surface area (Å²) in [4.78, 5) is 40.3. The number of nitrogen functional groups attached to an aromatic ring is 1. The molecular weight excluding hydrogens is 223 g/mol. The summed E-state index contributed by atoms with van der Waals surface area (Å²) in [6.45, 7) is -0.0284. The van der Waals surface area contributed by atoms with Crippen LogP contribution in [0.4, 0.5) is 11.4 Å². The van der Waals surface area contributed by atoms with Crippen LogP contribution in [-0.4, -0.2) is 29.5 Å². The van der Waals surface area contributed by atoms with Gasteiger partial charge in [0.05, 0.1) is 6.16 Å². The lowest BCUT2D eigenvalue weighted by molar-refractivity contribution is 0.373. The quantitative estimate of drug-likeness (QED) is 0.427. The average Bonchev–Trinajstić information content (AvgIpc) is 2.13. The molecule has 1 rings (SSSR count). The van der Waals surface area contributed by atoms with Crippen LogP contribution in [-0.2, 0) is 4.57 Å². The summed E-state index contributed by atoms with van der Waals surface area (Å²) >= 11 is 0. The fourth-order valence-corrected chi connectivity index (χ4v) is 1.73. The van der Waals surface area contributed by atoms with E-state index in [0.29, 0.717) is 0 Å². The van der Waals surface area contributed by atoms with Gasteiger partial charge in [0.25, 0.3) is 10.9 Å². The summed E-state index contributed by atoms with van der Waals surface area (Å²) in [7, 11) is -2.66. The zero-order valence-corrected chi connectivity index (χ0v) is 8.90. The first-order valence-electron chi connectivity index (χ1n) is 4.08. The van der Waals surface area contributed by atoms with E-state index in [1.807, 2.05) is 0 Å². The number of hydrogen-bond donors (Lipinski definition) is 3. The largest absolute Gasteiger partial charge is 0.394 e. The van der Waals surface area contributed by atoms with Gasteiger partial charge in [-0.05, 0) is 0 Å². The van der Waals surface area contributed by atoms with E-state index >= 15 is 0 Å². The number of hydrogen-bond acceptors (Lipinski definition) is 5. The van der Waals surface area contributed by atoms with E-state index in [0.717, 1.165) is 0 Å². The Morgan fingerprint density at radius 1 is 1.33 bits per heavy atom. The van der Waals surface area contributed by atoms with E-state index in [1.54, 1.807) is 0 Å². The molecule has 0 atom stereocenters. The Balaban J connectivity index is 2.72. The van der Waals surface area contributed by atoms with Gasteiger partial charge >= 0.3 is 7.60 Å². The second-order valence-electron chi connectivity index (χ2n) is 3.23. The van der Waals surface area contributed by atoms with Crippen molar-refractivity contribution in [3.8, 4) is 0 Å². The van der Waals surface area contributed by atoms with Crippen LogP contribution in [0.1, 0.15) is 0 Å². The van der Waals surface area contributed by atoms with E-state index in [4.69, 9.17) is 15.5 Å². The molecule has 0 unspecified atom stereocenters. The first-order chi connectivity index (χ1) is 6.74. The molecule has 15 heavy (non-hydrogen) atoms. The van der Waals surface area contributed by atoms with Gasteiger partial charge in [0.15, 0.2) is 0 Å². The normalized spacial score (nSPS) is 11.9. The third kappa shape index (κ3) is 2.44. The van der Waals surface area contributed by atoms with Crippen LogP contribution >= 0.6 is 7.60 Å². The van der Waals surface area contributed by atoms with Gasteiger partial charge in [0.1, 0.15) is 11.4 Å². The number of rotatable bonds is 4. The molecule has 0 fully saturated rings. The Labute approximate surface area is 85.0 Å². The van der Waals surface area contributed by atoms with Crippen molar-refractivity contribution >= 4 is 19.0 Å². The van der Waals surface area contributed by atoms with Crippen molar-refractivity contribution in [2.24, 2.45) is 0 Å². The van der Waals surface area contributed by atoms with Crippen LogP contribution < -0.4 is 21.5 Å². The van der Waals surface area contributed by atoms with E-state index in [9.17, 15) is 14.2 Å². The Morgan fingerprint density at radius 3 is 2.27 bits per heavy atom. The van der Waals surface area contributed by atoms with E-state index in [2.05, 4.69) is 0 Å². The van der Waals surface area contributed by atoms with E-state index in [-0.39, 0.29) is 24.1 Å². The van der Waals surface area contributed by atoms with Crippen molar-refractivity contribution in [1.29, 1.82) is 0 Å². The van der Waals surface area contributed by atoms with Crippen LogP contribution in [0.5, 0.6) is 0 Å². The van der Waals surface area contributed by atoms with Gasteiger partial charge < -0.3 is 20.4 Å². The Kier molecular flexibility index (Phi) is 2.99. The standard InChI is InChI=1S/C7H11N2O5P/c1-9(2-3-15(12,13)14)5-4(8)6(10)7(5)11/h2-3,8H2,1H3,(H2,12,13,14). The lowest BCUT2D eigenvalue weighted by atomic mass is 10.2. The number of nitrogens with zero attached hydrogens (tertiary/aromatic N) is 1. The Hall–Kier alpha value is -1.17. The zero-order valence-electron chi connectivity index (χ0n) is 8.01. The molecule has 0 saturated heterocycles. The van der Waals surface area contributed by atoms with Crippen molar-refractivity contribution < 1.29 is 14.4 Å². The molecule has 0 aliphatic rings. The molecule has 0 bridgehead atoms. The van der Waals surface area contributed by atoms with E-state index < -0.39 is 18.5 Å². The van der Waals surface area contributed by atoms with Crippen molar-refractivity contribution in [1.82, 2.24) is 0 Å². The van der Waals surface area contributed by atoms with Crippen molar-refractivity contribution in [3.63, 3.8) is 0 Å². The summed E-state index contributed by atoms with van der Waals surface area (Å²) in [5, 5.41) is 0. The van der Waals surface area contributed by atoms with Gasteiger partial charge in [0, 0.05) is 13.6 Å². The third-order valence-electron chi connectivity index (χ3n) is 2.03.